The summed E-state index contributed by atoms with van der Waals surface area (Å²) in [6.45, 7) is 3.49. The van der Waals surface area contributed by atoms with E-state index >= 15 is 0 Å². The molecule has 3 N–H and O–H groups in total. The first kappa shape index (κ1) is 14.7. The number of nitrogens with one attached hydrogen (secondary N) is 1. The van der Waals surface area contributed by atoms with Gasteiger partial charge in [0.25, 0.3) is 0 Å². The van der Waals surface area contributed by atoms with Crippen LogP contribution in [0.3, 0.4) is 0 Å². The number of rotatable bonds is 7. The monoisotopic (exact) mass is 237 g/mol. The van der Waals surface area contributed by atoms with Gasteiger partial charge >= 0.3 is 89.2 Å². The molecule has 0 aromatic heterocycles. The van der Waals surface area contributed by atoms with Gasteiger partial charge in [0.15, 0.2) is 0 Å². The van der Waals surface area contributed by atoms with Crippen molar-refractivity contribution >= 4 is 16.1 Å². The van der Waals surface area contributed by atoms with E-state index in [2.05, 4.69) is 5.32 Å². The van der Waals surface area contributed by atoms with Crippen LogP contribution in [0.2, 0.25) is 0 Å². The summed E-state index contributed by atoms with van der Waals surface area (Å²) in [5, 5.41) is 20.3. The molecular formula is C7H16BNO5S. The van der Waals surface area contributed by atoms with Crippen molar-refractivity contribution in [2.75, 3.05) is 6.61 Å². The summed E-state index contributed by atoms with van der Waals surface area (Å²) in [7, 11) is -4.19. The normalized spacial score (nSPS) is 16.1. The Labute approximate surface area is 89.8 Å². The van der Waals surface area contributed by atoms with Crippen LogP contribution in [0.25, 0.3) is 0 Å². The van der Waals surface area contributed by atoms with Crippen molar-refractivity contribution in [3.63, 3.8) is 0 Å². The SMILES string of the molecule is CC(C)CC(CO)NC(O)S(=O)(=O)B=O. The van der Waals surface area contributed by atoms with Gasteiger partial charge in [0.2, 0.25) is 0 Å². The second-order valence-electron chi connectivity index (χ2n) is 3.71. The average Bonchev–Trinajstić information content (AvgIpc) is 2.15. The van der Waals surface area contributed by atoms with Gasteiger partial charge in [-0.3, -0.25) is 0 Å². The van der Waals surface area contributed by atoms with Crippen LogP contribution in [-0.4, -0.2) is 43.3 Å². The zero-order valence-corrected chi connectivity index (χ0v) is 9.57. The number of aliphatic hydroxyl groups excluding tert-OH is 2. The molecule has 0 heterocycles. The fourth-order valence-electron chi connectivity index (χ4n) is 1.11. The minimum atomic E-state index is -4.19. The van der Waals surface area contributed by atoms with Crippen molar-refractivity contribution in [3.05, 3.63) is 0 Å². The molecule has 0 saturated heterocycles. The van der Waals surface area contributed by atoms with Crippen LogP contribution in [-0.2, 0) is 14.4 Å². The van der Waals surface area contributed by atoms with Crippen LogP contribution >= 0.6 is 0 Å². The van der Waals surface area contributed by atoms with E-state index in [1.807, 2.05) is 13.8 Å². The molecule has 0 aromatic carbocycles. The van der Waals surface area contributed by atoms with Crippen LogP contribution < -0.4 is 5.32 Å². The number of hydrogen-bond donors (Lipinski definition) is 3. The predicted octanol–water partition coefficient (Wildman–Crippen LogP) is -1.36. The van der Waals surface area contributed by atoms with E-state index in [1.165, 1.54) is 0 Å². The van der Waals surface area contributed by atoms with Crippen LogP contribution in [0.15, 0.2) is 0 Å². The number of aliphatic hydroxyl groups is 2. The second-order valence-corrected chi connectivity index (χ2v) is 5.53. The van der Waals surface area contributed by atoms with Crippen molar-refractivity contribution in [2.45, 2.75) is 31.9 Å². The van der Waals surface area contributed by atoms with Gasteiger partial charge in [-0.15, -0.1) is 0 Å². The molecule has 0 fully saturated rings. The van der Waals surface area contributed by atoms with Gasteiger partial charge < -0.3 is 0 Å². The molecule has 0 saturated carbocycles. The fourth-order valence-corrected chi connectivity index (χ4v) is 1.60. The topological polar surface area (TPSA) is 104 Å². The standard InChI is InChI=1S/C7H16BNO5S/c1-5(2)3-6(4-10)9-7(11)15(13,14)8-12/h5-7,9-11H,3-4H2,1-2H3. The molecule has 0 radical (unpaired) electrons. The first-order valence-electron chi connectivity index (χ1n) is 4.57. The van der Waals surface area contributed by atoms with Crippen molar-refractivity contribution in [1.29, 1.82) is 0 Å². The average molecular weight is 237 g/mol. The van der Waals surface area contributed by atoms with Gasteiger partial charge in [0.05, 0.1) is 0 Å². The Balaban J connectivity index is 4.36. The minimum absolute atomic E-state index is 0.237. The third-order valence-electron chi connectivity index (χ3n) is 1.80. The zero-order valence-electron chi connectivity index (χ0n) is 8.75. The van der Waals surface area contributed by atoms with E-state index in [4.69, 9.17) is 10.2 Å². The molecule has 0 rings (SSSR count). The van der Waals surface area contributed by atoms with Crippen molar-refractivity contribution in [1.82, 2.24) is 5.32 Å². The molecular weight excluding hydrogens is 221 g/mol. The summed E-state index contributed by atoms with van der Waals surface area (Å²) in [5.41, 5.74) is -1.95. The van der Waals surface area contributed by atoms with Gasteiger partial charge in [0, 0.05) is 0 Å². The molecule has 2 atom stereocenters. The zero-order chi connectivity index (χ0) is 12.1. The summed E-state index contributed by atoms with van der Waals surface area (Å²) in [6.07, 6.45) is 0.191. The Hall–Kier alpha value is -0.305. The van der Waals surface area contributed by atoms with E-state index < -0.39 is 21.3 Å². The molecule has 88 valence electrons. The Kier molecular flexibility index (Phi) is 6.19. The van der Waals surface area contributed by atoms with E-state index in [9.17, 15) is 13.1 Å². The second kappa shape index (κ2) is 6.31. The van der Waals surface area contributed by atoms with Crippen LogP contribution in [0.4, 0.5) is 0 Å². The molecule has 2 unspecified atom stereocenters. The van der Waals surface area contributed by atoms with Gasteiger partial charge in [-0.1, -0.05) is 0 Å². The molecule has 0 aliphatic rings. The van der Waals surface area contributed by atoms with Crippen molar-refractivity contribution < 1.29 is 23.3 Å². The molecule has 0 amide bonds. The maximum atomic E-state index is 10.9. The van der Waals surface area contributed by atoms with Crippen LogP contribution in [0.1, 0.15) is 20.3 Å². The summed E-state index contributed by atoms with van der Waals surface area (Å²) in [4.78, 5) is 0. The molecule has 0 aliphatic heterocycles. The molecule has 8 heteroatoms. The molecule has 6 nitrogen and oxygen atoms in total. The summed E-state index contributed by atoms with van der Waals surface area (Å²) < 4.78 is 31.9. The fraction of sp³-hybridized carbons (Fsp3) is 1.00. The predicted molar refractivity (Wildman–Crippen MR) is 54.8 cm³/mol. The van der Waals surface area contributed by atoms with Crippen molar-refractivity contribution in [3.8, 4) is 0 Å². The van der Waals surface area contributed by atoms with Crippen LogP contribution in [0.5, 0.6) is 0 Å². The van der Waals surface area contributed by atoms with Gasteiger partial charge in [0.1, 0.15) is 0 Å². The van der Waals surface area contributed by atoms with Gasteiger partial charge in [-0.2, -0.15) is 0 Å². The molecule has 0 aliphatic carbocycles. The Bertz CT molecular complexity index is 292. The number of hydrogen-bond acceptors (Lipinski definition) is 6. The maximum absolute atomic E-state index is 10.9. The van der Waals surface area contributed by atoms with E-state index in [1.54, 1.807) is 0 Å². The van der Waals surface area contributed by atoms with E-state index in [-0.39, 0.29) is 19.0 Å². The molecule has 0 aromatic rings. The Morgan fingerprint density at radius 2 is 1.93 bits per heavy atom. The van der Waals surface area contributed by atoms with E-state index in [0.29, 0.717) is 6.42 Å². The van der Waals surface area contributed by atoms with E-state index in [0.717, 1.165) is 0 Å². The van der Waals surface area contributed by atoms with Crippen LogP contribution in [0, 0.1) is 5.92 Å². The van der Waals surface area contributed by atoms with Crippen molar-refractivity contribution in [2.24, 2.45) is 5.92 Å². The quantitative estimate of drug-likeness (QED) is 0.373. The molecule has 0 bridgehead atoms. The first-order chi connectivity index (χ1) is 6.83. The molecule has 0 spiro atoms. The third kappa shape index (κ3) is 5.36. The Morgan fingerprint density at radius 1 is 1.40 bits per heavy atom. The Morgan fingerprint density at radius 3 is 2.27 bits per heavy atom. The summed E-state index contributed by atoms with van der Waals surface area (Å²) in [6, 6.07) is -0.547. The first-order valence-corrected chi connectivity index (χ1v) is 6.18. The molecule has 15 heavy (non-hydrogen) atoms. The summed E-state index contributed by atoms with van der Waals surface area (Å²) in [5.74, 6) is 0.237. The van der Waals surface area contributed by atoms with Gasteiger partial charge in [-0.25, -0.2) is 0 Å². The third-order valence-corrected chi connectivity index (χ3v) is 2.83. The summed E-state index contributed by atoms with van der Waals surface area (Å²) >= 11 is 0. The van der Waals surface area contributed by atoms with Gasteiger partial charge in [-0.05, 0) is 0 Å².